The second kappa shape index (κ2) is 3.75. The maximum atomic E-state index is 5.77. The van der Waals surface area contributed by atoms with E-state index in [4.69, 9.17) is 17.2 Å². The fraction of sp³-hybridized carbons (Fsp3) is 0. The smallest absolute Gasteiger partial charge is 0.360 e. The third-order valence-corrected chi connectivity index (χ3v) is 2.91. The molecule has 21 heavy (non-hydrogen) atoms. The second-order valence-electron chi connectivity index (χ2n) is 4.28. The first kappa shape index (κ1) is 11.3. The Morgan fingerprint density at radius 1 is 1.05 bits per heavy atom. The summed E-state index contributed by atoms with van der Waals surface area (Å²) >= 11 is 0. The summed E-state index contributed by atoms with van der Waals surface area (Å²) in [6, 6.07) is 0. The summed E-state index contributed by atoms with van der Waals surface area (Å²) in [4.78, 5) is 24.4. The van der Waals surface area contributed by atoms with Crippen molar-refractivity contribution in [2.45, 2.75) is 0 Å². The highest BCUT2D eigenvalue weighted by Crippen LogP contribution is 2.24. The molecule has 4 rings (SSSR count). The van der Waals surface area contributed by atoms with Crippen LogP contribution in [0.25, 0.3) is 11.2 Å². The number of aromatic nitrogens is 6. The van der Waals surface area contributed by atoms with Gasteiger partial charge in [-0.05, 0) is 0 Å². The highest BCUT2D eigenvalue weighted by molar-refractivity contribution is 6.05. The standard InChI is InChI=1S/C10H9N11/c11-5-4-7(20-9(13)17-5)21(2-15-4)10-16-3-1-14-8(12)18-6(3)19-10/h1-2,16H,(H2,12,14,18)(H4,11,13,17,20)/q+1. The van der Waals surface area contributed by atoms with Gasteiger partial charge in [0.25, 0.3) is 5.95 Å². The average molecular weight is 283 g/mol. The first-order valence-corrected chi connectivity index (χ1v) is 5.86. The molecular formula is C10H9N11+. The van der Waals surface area contributed by atoms with Crippen molar-refractivity contribution in [1.29, 1.82) is 0 Å². The summed E-state index contributed by atoms with van der Waals surface area (Å²) in [6.07, 6.45) is 3.06. The Labute approximate surface area is 117 Å². The van der Waals surface area contributed by atoms with E-state index in [1.165, 1.54) is 6.33 Å². The zero-order chi connectivity index (χ0) is 14.6. The topological polar surface area (TPSA) is 174 Å². The molecule has 1 aliphatic rings. The van der Waals surface area contributed by atoms with E-state index in [0.717, 1.165) is 0 Å². The van der Waals surface area contributed by atoms with Gasteiger partial charge in [-0.25, -0.2) is 9.97 Å². The summed E-state index contributed by atoms with van der Waals surface area (Å²) in [5.74, 6) is 1.30. The molecule has 0 aromatic carbocycles. The molecule has 0 atom stereocenters. The van der Waals surface area contributed by atoms with Crippen molar-refractivity contribution in [2.75, 3.05) is 22.5 Å². The van der Waals surface area contributed by atoms with Crippen LogP contribution in [0.1, 0.15) is 0 Å². The predicted octanol–water partition coefficient (Wildman–Crippen LogP) is -1.34. The minimum atomic E-state index is 0.0573. The Balaban J connectivity index is 1.88. The molecule has 1 radical (unpaired) electrons. The van der Waals surface area contributed by atoms with Gasteiger partial charge < -0.3 is 17.2 Å². The van der Waals surface area contributed by atoms with Crippen molar-refractivity contribution in [3.05, 3.63) is 12.5 Å². The molecule has 0 unspecified atom stereocenters. The number of nitrogen functional groups attached to an aromatic ring is 3. The number of fused-ring (bicyclic) bond motifs is 2. The van der Waals surface area contributed by atoms with E-state index in [1.54, 1.807) is 10.8 Å². The first-order chi connectivity index (χ1) is 10.1. The molecule has 7 N–H and O–H groups in total. The lowest BCUT2D eigenvalue weighted by Gasteiger charge is -1.98. The van der Waals surface area contributed by atoms with E-state index >= 15 is 0 Å². The van der Waals surface area contributed by atoms with Crippen LogP contribution in [0.2, 0.25) is 0 Å². The zero-order valence-electron chi connectivity index (χ0n) is 10.5. The third kappa shape index (κ3) is 1.60. The Hall–Kier alpha value is -3.50. The fourth-order valence-corrected chi connectivity index (χ4v) is 2.02. The van der Waals surface area contributed by atoms with Gasteiger partial charge in [0.05, 0.1) is 6.20 Å². The van der Waals surface area contributed by atoms with Gasteiger partial charge in [-0.1, -0.05) is 9.98 Å². The number of aliphatic imine (C=N–C) groups is 1. The molecule has 0 amide bonds. The summed E-state index contributed by atoms with van der Waals surface area (Å²) < 4.78 is 1.60. The molecule has 0 fully saturated rings. The van der Waals surface area contributed by atoms with Gasteiger partial charge in [-0.15, -0.1) is 0 Å². The fourth-order valence-electron chi connectivity index (χ4n) is 2.02. The lowest BCUT2D eigenvalue weighted by Crippen LogP contribution is -2.21. The van der Waals surface area contributed by atoms with Gasteiger partial charge in [-0.2, -0.15) is 14.5 Å². The molecular weight excluding hydrogens is 274 g/mol. The minimum Gasteiger partial charge on any atom is -0.382 e. The van der Waals surface area contributed by atoms with E-state index in [-0.39, 0.29) is 17.7 Å². The number of anilines is 4. The number of nitrogens with one attached hydrogen (secondary N) is 1. The van der Waals surface area contributed by atoms with E-state index in [1.807, 2.05) is 0 Å². The van der Waals surface area contributed by atoms with Crippen LogP contribution in [0.15, 0.2) is 12.5 Å². The summed E-state index contributed by atoms with van der Waals surface area (Å²) in [7, 11) is 0. The lowest BCUT2D eigenvalue weighted by molar-refractivity contribution is 1.10. The van der Waals surface area contributed by atoms with E-state index < -0.39 is 0 Å². The number of imidazole rings is 1. The number of nitrogens with two attached hydrogens (primary N) is 3. The van der Waals surface area contributed by atoms with Crippen molar-refractivity contribution < 1.29 is 0 Å². The van der Waals surface area contributed by atoms with E-state index in [2.05, 4.69) is 35.2 Å². The van der Waals surface area contributed by atoms with E-state index in [9.17, 15) is 0 Å². The van der Waals surface area contributed by atoms with E-state index in [0.29, 0.717) is 28.6 Å². The van der Waals surface area contributed by atoms with Crippen LogP contribution in [-0.4, -0.2) is 35.4 Å². The molecule has 4 heterocycles. The maximum Gasteiger partial charge on any atom is 0.360 e. The Kier molecular flexibility index (Phi) is 2.03. The molecule has 103 valence electrons. The first-order valence-electron chi connectivity index (χ1n) is 5.86. The molecule has 11 nitrogen and oxygen atoms in total. The molecule has 11 heteroatoms. The number of hydrogen-bond donors (Lipinski definition) is 4. The number of hydrogen-bond acceptors (Lipinski definition) is 10. The summed E-state index contributed by atoms with van der Waals surface area (Å²) in [5.41, 5.74) is 18.4. The van der Waals surface area contributed by atoms with Crippen LogP contribution in [-0.2, 0) is 0 Å². The van der Waals surface area contributed by atoms with Gasteiger partial charge in [0.1, 0.15) is 6.33 Å². The van der Waals surface area contributed by atoms with Crippen molar-refractivity contribution in [3.8, 4) is 0 Å². The van der Waals surface area contributed by atoms with Crippen LogP contribution >= 0.6 is 0 Å². The van der Waals surface area contributed by atoms with Crippen LogP contribution in [0.4, 0.5) is 29.2 Å². The molecule has 3 aromatic heterocycles. The summed E-state index contributed by atoms with van der Waals surface area (Å²) in [5, 5.41) is 3.05. The van der Waals surface area contributed by atoms with Gasteiger partial charge in [0.2, 0.25) is 11.6 Å². The molecule has 0 aliphatic carbocycles. The maximum absolute atomic E-state index is 5.77. The van der Waals surface area contributed by atoms with Crippen molar-refractivity contribution in [2.24, 2.45) is 0 Å². The molecule has 0 saturated heterocycles. The van der Waals surface area contributed by atoms with Crippen molar-refractivity contribution >= 4 is 46.3 Å². The lowest BCUT2D eigenvalue weighted by atomic mass is 10.5. The zero-order valence-corrected chi connectivity index (χ0v) is 10.5. The quantitative estimate of drug-likeness (QED) is 0.389. The highest BCUT2D eigenvalue weighted by atomic mass is 15.3. The van der Waals surface area contributed by atoms with Gasteiger partial charge in [-0.3, -0.25) is 5.32 Å². The molecule has 0 bridgehead atoms. The molecule has 0 spiro atoms. The molecule has 3 aromatic rings. The van der Waals surface area contributed by atoms with Crippen LogP contribution < -0.4 is 27.5 Å². The SMILES string of the molecule is Nc1ncc2c(n1)[N+]=C(n1cnc3c(N)nc(N)nc31)N2. The minimum absolute atomic E-state index is 0.0573. The summed E-state index contributed by atoms with van der Waals surface area (Å²) in [6.45, 7) is 0. The number of nitrogens with zero attached hydrogens (tertiary/aromatic N) is 7. The molecule has 0 saturated carbocycles. The van der Waals surface area contributed by atoms with Crippen molar-refractivity contribution in [1.82, 2.24) is 34.5 Å². The molecule has 1 aliphatic heterocycles. The second-order valence-corrected chi connectivity index (χ2v) is 4.28. The van der Waals surface area contributed by atoms with Crippen molar-refractivity contribution in [3.63, 3.8) is 0 Å². The average Bonchev–Trinajstić information content (AvgIpc) is 3.01. The van der Waals surface area contributed by atoms with Gasteiger partial charge >= 0.3 is 11.8 Å². The monoisotopic (exact) mass is 283 g/mol. The normalized spacial score (nSPS) is 13.0. The van der Waals surface area contributed by atoms with Crippen LogP contribution in [0.5, 0.6) is 0 Å². The number of rotatable bonds is 0. The Morgan fingerprint density at radius 2 is 1.90 bits per heavy atom. The van der Waals surface area contributed by atoms with Gasteiger partial charge in [0, 0.05) is 0 Å². The predicted molar refractivity (Wildman–Crippen MR) is 76.4 cm³/mol. The largest absolute Gasteiger partial charge is 0.382 e. The Morgan fingerprint density at radius 3 is 2.76 bits per heavy atom. The Bertz CT molecular complexity index is 909. The van der Waals surface area contributed by atoms with Crippen LogP contribution in [0, 0.1) is 0 Å². The van der Waals surface area contributed by atoms with Gasteiger partial charge in [0.15, 0.2) is 17.0 Å². The third-order valence-electron chi connectivity index (χ3n) is 2.91. The van der Waals surface area contributed by atoms with Crippen LogP contribution in [0.3, 0.4) is 0 Å². The highest BCUT2D eigenvalue weighted by Gasteiger charge is 2.28.